The molecular formula is C16H32N4O. The van der Waals surface area contributed by atoms with Crippen LogP contribution in [0.15, 0.2) is 0 Å². The third-order valence-corrected chi connectivity index (χ3v) is 5.81. The number of hydrogen-bond donors (Lipinski definition) is 2. The van der Waals surface area contributed by atoms with Crippen LogP contribution < -0.4 is 11.1 Å². The average molecular weight is 296 g/mol. The molecule has 1 heterocycles. The molecule has 3 N–H and O–H groups in total. The van der Waals surface area contributed by atoms with Gasteiger partial charge < -0.3 is 20.9 Å². The Morgan fingerprint density at radius 1 is 1.43 bits per heavy atom. The van der Waals surface area contributed by atoms with Gasteiger partial charge in [0.15, 0.2) is 0 Å². The quantitative estimate of drug-likeness (QED) is 0.749. The van der Waals surface area contributed by atoms with Crippen molar-refractivity contribution in [3.05, 3.63) is 0 Å². The number of nitrogens with zero attached hydrogens (tertiary/aromatic N) is 2. The number of carbonyl (C=O) groups is 1. The molecule has 1 aliphatic carbocycles. The maximum absolute atomic E-state index is 11.9. The standard InChI is InChI=1S/C16H32N4O/c1-12-10-20(11-14(12)19(3)4)9-7-13-6-5-8-16(13,18-2)15(17)21/h12-14,18H,5-11H2,1-4H3,(H2,17,21). The Kier molecular flexibility index (Phi) is 5.28. The van der Waals surface area contributed by atoms with E-state index in [0.29, 0.717) is 17.9 Å². The molecule has 4 unspecified atom stereocenters. The molecule has 0 spiro atoms. The van der Waals surface area contributed by atoms with Crippen molar-refractivity contribution in [1.82, 2.24) is 15.1 Å². The van der Waals surface area contributed by atoms with Gasteiger partial charge in [-0.2, -0.15) is 0 Å². The Hall–Kier alpha value is -0.650. The largest absolute Gasteiger partial charge is 0.368 e. The average Bonchev–Trinajstić information content (AvgIpc) is 3.00. The minimum absolute atomic E-state index is 0.173. The van der Waals surface area contributed by atoms with E-state index in [0.717, 1.165) is 38.8 Å². The highest BCUT2D eigenvalue weighted by Crippen LogP contribution is 2.38. The summed E-state index contributed by atoms with van der Waals surface area (Å²) < 4.78 is 0. The molecule has 0 aromatic rings. The summed E-state index contributed by atoms with van der Waals surface area (Å²) in [6, 6.07) is 0.652. The predicted molar refractivity (Wildman–Crippen MR) is 86.0 cm³/mol. The first-order chi connectivity index (χ1) is 9.90. The zero-order valence-corrected chi connectivity index (χ0v) is 14.1. The smallest absolute Gasteiger partial charge is 0.238 e. The number of carbonyl (C=O) groups excluding carboxylic acids is 1. The first kappa shape index (κ1) is 16.7. The number of primary amides is 1. The van der Waals surface area contributed by atoms with Gasteiger partial charge in [-0.15, -0.1) is 0 Å². The van der Waals surface area contributed by atoms with Crippen molar-refractivity contribution in [2.75, 3.05) is 40.8 Å². The van der Waals surface area contributed by atoms with E-state index >= 15 is 0 Å². The summed E-state index contributed by atoms with van der Waals surface area (Å²) in [5.74, 6) is 0.927. The molecule has 21 heavy (non-hydrogen) atoms. The second-order valence-electron chi connectivity index (χ2n) is 7.23. The summed E-state index contributed by atoms with van der Waals surface area (Å²) in [6.07, 6.45) is 4.17. The Balaban J connectivity index is 1.90. The molecule has 4 atom stereocenters. The predicted octanol–water partition coefficient (Wildman–Crippen LogP) is 0.502. The Morgan fingerprint density at radius 2 is 2.14 bits per heavy atom. The first-order valence-corrected chi connectivity index (χ1v) is 8.28. The highest BCUT2D eigenvalue weighted by molar-refractivity contribution is 5.85. The zero-order valence-electron chi connectivity index (χ0n) is 14.1. The van der Waals surface area contributed by atoms with Gasteiger partial charge in [0.1, 0.15) is 5.54 Å². The first-order valence-electron chi connectivity index (χ1n) is 8.28. The SMILES string of the molecule is CNC1(C(N)=O)CCCC1CCN1CC(C)C(N(C)C)C1. The summed E-state index contributed by atoms with van der Waals surface area (Å²) >= 11 is 0. The van der Waals surface area contributed by atoms with Crippen molar-refractivity contribution < 1.29 is 4.79 Å². The second kappa shape index (κ2) is 6.63. The van der Waals surface area contributed by atoms with Gasteiger partial charge in [-0.25, -0.2) is 0 Å². The van der Waals surface area contributed by atoms with Crippen LogP contribution in [0.4, 0.5) is 0 Å². The lowest BCUT2D eigenvalue weighted by Crippen LogP contribution is -2.56. The molecule has 2 rings (SSSR count). The van der Waals surface area contributed by atoms with E-state index in [9.17, 15) is 4.79 Å². The number of amides is 1. The summed E-state index contributed by atoms with van der Waals surface area (Å²) in [6.45, 7) is 5.72. The van der Waals surface area contributed by atoms with Crippen LogP contribution in [0, 0.1) is 11.8 Å². The van der Waals surface area contributed by atoms with Crippen molar-refractivity contribution in [3.8, 4) is 0 Å². The molecule has 1 aliphatic heterocycles. The molecule has 2 fully saturated rings. The van der Waals surface area contributed by atoms with Crippen molar-refractivity contribution in [1.29, 1.82) is 0 Å². The monoisotopic (exact) mass is 296 g/mol. The van der Waals surface area contributed by atoms with E-state index in [1.165, 1.54) is 6.54 Å². The number of nitrogens with two attached hydrogens (primary N) is 1. The van der Waals surface area contributed by atoms with Crippen molar-refractivity contribution >= 4 is 5.91 Å². The summed E-state index contributed by atoms with van der Waals surface area (Å²) in [4.78, 5) is 16.8. The second-order valence-corrected chi connectivity index (χ2v) is 7.23. The number of nitrogens with one attached hydrogen (secondary N) is 1. The molecule has 5 nitrogen and oxygen atoms in total. The molecule has 0 bridgehead atoms. The number of rotatable bonds is 6. The van der Waals surface area contributed by atoms with E-state index in [4.69, 9.17) is 5.73 Å². The molecule has 0 aromatic carbocycles. The Labute approximate surface area is 129 Å². The van der Waals surface area contributed by atoms with Gasteiger partial charge in [0.2, 0.25) is 5.91 Å². The topological polar surface area (TPSA) is 61.6 Å². The highest BCUT2D eigenvalue weighted by atomic mass is 16.1. The van der Waals surface area contributed by atoms with Crippen LogP contribution in [0.25, 0.3) is 0 Å². The summed E-state index contributed by atoms with van der Waals surface area (Å²) in [5, 5.41) is 3.24. The van der Waals surface area contributed by atoms with Crippen molar-refractivity contribution in [2.24, 2.45) is 17.6 Å². The van der Waals surface area contributed by atoms with E-state index in [1.54, 1.807) is 0 Å². The van der Waals surface area contributed by atoms with E-state index in [-0.39, 0.29) is 5.91 Å². The minimum atomic E-state index is -0.466. The fourth-order valence-corrected chi connectivity index (χ4v) is 4.49. The minimum Gasteiger partial charge on any atom is -0.368 e. The lowest BCUT2D eigenvalue weighted by Gasteiger charge is -2.33. The van der Waals surface area contributed by atoms with Crippen molar-refractivity contribution in [3.63, 3.8) is 0 Å². The molecule has 0 radical (unpaired) electrons. The van der Waals surface area contributed by atoms with Gasteiger partial charge >= 0.3 is 0 Å². The van der Waals surface area contributed by atoms with Gasteiger partial charge in [0, 0.05) is 19.1 Å². The summed E-state index contributed by atoms with van der Waals surface area (Å²) in [5.41, 5.74) is 5.21. The number of likely N-dealkylation sites (N-methyl/N-ethyl adjacent to an activating group) is 2. The van der Waals surface area contributed by atoms with Crippen molar-refractivity contribution in [2.45, 2.75) is 44.2 Å². The van der Waals surface area contributed by atoms with Crippen LogP contribution >= 0.6 is 0 Å². The van der Waals surface area contributed by atoms with Crippen LogP contribution in [0.3, 0.4) is 0 Å². The number of likely N-dealkylation sites (tertiary alicyclic amines) is 1. The van der Waals surface area contributed by atoms with Gasteiger partial charge in [-0.3, -0.25) is 4.79 Å². The van der Waals surface area contributed by atoms with Crippen LogP contribution in [-0.4, -0.2) is 68.1 Å². The van der Waals surface area contributed by atoms with Gasteiger partial charge in [0.25, 0.3) is 0 Å². The summed E-state index contributed by atoms with van der Waals surface area (Å²) in [7, 11) is 6.21. The van der Waals surface area contributed by atoms with Crippen LogP contribution in [0.1, 0.15) is 32.6 Å². The van der Waals surface area contributed by atoms with Gasteiger partial charge in [-0.05, 0) is 58.8 Å². The molecule has 2 aliphatic rings. The fraction of sp³-hybridized carbons (Fsp3) is 0.938. The molecule has 1 saturated carbocycles. The fourth-order valence-electron chi connectivity index (χ4n) is 4.49. The van der Waals surface area contributed by atoms with E-state index in [2.05, 4.69) is 36.1 Å². The van der Waals surface area contributed by atoms with Crippen LogP contribution in [0.2, 0.25) is 0 Å². The maximum atomic E-state index is 11.9. The highest BCUT2D eigenvalue weighted by Gasteiger charge is 2.46. The molecule has 122 valence electrons. The van der Waals surface area contributed by atoms with Crippen LogP contribution in [-0.2, 0) is 4.79 Å². The molecule has 0 aromatic heterocycles. The Bertz CT molecular complexity index is 373. The molecule has 1 amide bonds. The van der Waals surface area contributed by atoms with Gasteiger partial charge in [0.05, 0.1) is 0 Å². The zero-order chi connectivity index (χ0) is 15.6. The third kappa shape index (κ3) is 3.25. The maximum Gasteiger partial charge on any atom is 0.238 e. The number of hydrogen-bond acceptors (Lipinski definition) is 4. The normalized spacial score (nSPS) is 37.5. The van der Waals surface area contributed by atoms with Gasteiger partial charge in [-0.1, -0.05) is 13.3 Å². The van der Waals surface area contributed by atoms with Crippen LogP contribution in [0.5, 0.6) is 0 Å². The molecular weight excluding hydrogens is 264 g/mol. The lowest BCUT2D eigenvalue weighted by atomic mass is 9.84. The van der Waals surface area contributed by atoms with E-state index in [1.807, 2.05) is 7.05 Å². The van der Waals surface area contributed by atoms with E-state index < -0.39 is 5.54 Å². The molecule has 1 saturated heterocycles. The lowest BCUT2D eigenvalue weighted by molar-refractivity contribution is -0.125. The third-order valence-electron chi connectivity index (χ3n) is 5.81. The molecule has 5 heteroatoms. The Morgan fingerprint density at radius 3 is 2.67 bits per heavy atom.